The number of thioether (sulfide) groups is 1. The van der Waals surface area contributed by atoms with Crippen molar-refractivity contribution >= 4 is 21.6 Å². The largest absolute Gasteiger partial charge is 0.433 e. The highest BCUT2D eigenvalue weighted by molar-refractivity contribution is 7.99. The number of rotatable bonds is 7. The third-order valence-corrected chi connectivity index (χ3v) is 5.35. The van der Waals surface area contributed by atoms with E-state index in [1.54, 1.807) is 0 Å². The highest BCUT2D eigenvalue weighted by atomic mass is 32.2. The molecule has 0 bridgehead atoms. The van der Waals surface area contributed by atoms with Gasteiger partial charge in [0.2, 0.25) is 0 Å². The van der Waals surface area contributed by atoms with Crippen molar-refractivity contribution in [3.05, 3.63) is 29.6 Å². The lowest BCUT2D eigenvalue weighted by molar-refractivity contribution is -0.141. The van der Waals surface area contributed by atoms with Crippen LogP contribution in [0.3, 0.4) is 0 Å². The first-order chi connectivity index (χ1) is 10.6. The SMILES string of the molecule is N#CC(CCSC(F)F)S(=O)(=O)Cc1ccc(C(F)(F)F)nc1. The summed E-state index contributed by atoms with van der Waals surface area (Å²) in [6.45, 7) is 0. The van der Waals surface area contributed by atoms with Crippen LogP contribution in [0.1, 0.15) is 17.7 Å². The lowest BCUT2D eigenvalue weighted by Gasteiger charge is -2.11. The van der Waals surface area contributed by atoms with Gasteiger partial charge in [-0.05, 0) is 18.1 Å². The fourth-order valence-electron chi connectivity index (χ4n) is 1.60. The van der Waals surface area contributed by atoms with Crippen LogP contribution < -0.4 is 0 Å². The predicted molar refractivity (Wildman–Crippen MR) is 74.3 cm³/mol. The zero-order valence-corrected chi connectivity index (χ0v) is 13.1. The number of nitrogens with zero attached hydrogens (tertiary/aromatic N) is 2. The molecule has 1 rings (SSSR count). The summed E-state index contributed by atoms with van der Waals surface area (Å²) >= 11 is 0.216. The number of nitriles is 1. The second kappa shape index (κ2) is 7.92. The first-order valence-electron chi connectivity index (χ1n) is 6.09. The molecule has 128 valence electrons. The van der Waals surface area contributed by atoms with Gasteiger partial charge >= 0.3 is 6.18 Å². The second-order valence-electron chi connectivity index (χ2n) is 4.39. The van der Waals surface area contributed by atoms with E-state index in [1.165, 1.54) is 6.07 Å². The first-order valence-corrected chi connectivity index (χ1v) is 8.85. The minimum Gasteiger partial charge on any atom is -0.251 e. The van der Waals surface area contributed by atoms with Crippen molar-refractivity contribution in [2.45, 2.75) is 29.4 Å². The van der Waals surface area contributed by atoms with Gasteiger partial charge < -0.3 is 0 Å². The number of hydrogen-bond donors (Lipinski definition) is 0. The van der Waals surface area contributed by atoms with Crippen LogP contribution in [0.25, 0.3) is 0 Å². The lowest BCUT2D eigenvalue weighted by atomic mass is 10.3. The van der Waals surface area contributed by atoms with E-state index in [2.05, 4.69) is 4.98 Å². The fourth-order valence-corrected chi connectivity index (χ4v) is 3.77. The van der Waals surface area contributed by atoms with Gasteiger partial charge in [-0.3, -0.25) is 4.98 Å². The number of halogens is 5. The van der Waals surface area contributed by atoms with Crippen molar-refractivity contribution in [2.24, 2.45) is 0 Å². The van der Waals surface area contributed by atoms with Crippen molar-refractivity contribution in [2.75, 3.05) is 5.75 Å². The van der Waals surface area contributed by atoms with E-state index < -0.39 is 38.5 Å². The topological polar surface area (TPSA) is 70.8 Å². The van der Waals surface area contributed by atoms with Crippen LogP contribution >= 0.6 is 11.8 Å². The van der Waals surface area contributed by atoms with E-state index >= 15 is 0 Å². The maximum Gasteiger partial charge on any atom is 0.433 e. The van der Waals surface area contributed by atoms with Crippen LogP contribution in [0.4, 0.5) is 22.0 Å². The molecule has 0 saturated heterocycles. The van der Waals surface area contributed by atoms with E-state index in [4.69, 9.17) is 5.26 Å². The summed E-state index contributed by atoms with van der Waals surface area (Å²) < 4.78 is 85.1. The Labute approximate surface area is 133 Å². The zero-order chi connectivity index (χ0) is 17.7. The van der Waals surface area contributed by atoms with E-state index in [-0.39, 0.29) is 29.5 Å². The Balaban J connectivity index is 2.78. The van der Waals surface area contributed by atoms with Gasteiger partial charge in [0.25, 0.3) is 5.76 Å². The van der Waals surface area contributed by atoms with Crippen LogP contribution in [-0.4, -0.2) is 30.2 Å². The Morgan fingerprint density at radius 2 is 1.96 bits per heavy atom. The minimum absolute atomic E-state index is 0.0141. The third kappa shape index (κ3) is 6.31. The smallest absolute Gasteiger partial charge is 0.251 e. The standard InChI is InChI=1S/C12H11F5N2O2S2/c13-11(14)22-4-3-9(5-18)23(20,21)7-8-1-2-10(19-6-8)12(15,16)17/h1-2,6,9,11H,3-4,7H2. The normalized spacial score (nSPS) is 13.8. The van der Waals surface area contributed by atoms with Crippen LogP contribution in [0.5, 0.6) is 0 Å². The molecule has 1 unspecified atom stereocenters. The Hall–Kier alpha value is -1.41. The second-order valence-corrected chi connectivity index (χ2v) is 7.68. The predicted octanol–water partition coefficient (Wildman–Crippen LogP) is 3.25. The van der Waals surface area contributed by atoms with Crippen LogP contribution in [0, 0.1) is 11.3 Å². The molecule has 0 fully saturated rings. The highest BCUT2D eigenvalue weighted by Crippen LogP contribution is 2.27. The molecule has 1 aromatic rings. The molecule has 0 aromatic carbocycles. The molecule has 0 aliphatic rings. The summed E-state index contributed by atoms with van der Waals surface area (Å²) in [6, 6.07) is 3.12. The van der Waals surface area contributed by atoms with Crippen LogP contribution in [0.2, 0.25) is 0 Å². The Morgan fingerprint density at radius 1 is 1.30 bits per heavy atom. The highest BCUT2D eigenvalue weighted by Gasteiger charge is 2.32. The first kappa shape index (κ1) is 19.6. The van der Waals surface area contributed by atoms with E-state index in [1.807, 2.05) is 0 Å². The van der Waals surface area contributed by atoms with Gasteiger partial charge in [-0.25, -0.2) is 8.42 Å². The molecule has 0 N–H and O–H groups in total. The average molecular weight is 374 g/mol. The van der Waals surface area contributed by atoms with Crippen LogP contribution in [0.15, 0.2) is 18.3 Å². The van der Waals surface area contributed by atoms with Crippen LogP contribution in [-0.2, 0) is 21.8 Å². The Kier molecular flexibility index (Phi) is 6.76. The van der Waals surface area contributed by atoms with Gasteiger partial charge in [0, 0.05) is 11.9 Å². The van der Waals surface area contributed by atoms with Gasteiger partial charge in [-0.2, -0.15) is 27.2 Å². The molecule has 1 atom stereocenters. The number of hydrogen-bond acceptors (Lipinski definition) is 5. The molecule has 4 nitrogen and oxygen atoms in total. The van der Waals surface area contributed by atoms with Gasteiger partial charge in [0.05, 0.1) is 11.8 Å². The number of pyridine rings is 1. The molecule has 11 heteroatoms. The summed E-state index contributed by atoms with van der Waals surface area (Å²) in [5.74, 6) is -3.58. The molecule has 1 aromatic heterocycles. The number of aromatic nitrogens is 1. The molecular formula is C12H11F5N2O2S2. The molecule has 0 aliphatic carbocycles. The van der Waals surface area contributed by atoms with E-state index in [0.29, 0.717) is 6.07 Å². The molecule has 0 saturated carbocycles. The zero-order valence-electron chi connectivity index (χ0n) is 11.4. The molecule has 23 heavy (non-hydrogen) atoms. The third-order valence-electron chi connectivity index (χ3n) is 2.68. The number of alkyl halides is 5. The van der Waals surface area contributed by atoms with Gasteiger partial charge in [-0.15, -0.1) is 0 Å². The quantitative estimate of drug-likeness (QED) is 0.685. The monoisotopic (exact) mass is 374 g/mol. The van der Waals surface area contributed by atoms with Gasteiger partial charge in [0.15, 0.2) is 9.84 Å². The molecule has 0 amide bonds. The van der Waals surface area contributed by atoms with E-state index in [9.17, 15) is 30.4 Å². The maximum atomic E-state index is 12.4. The minimum atomic E-state index is -4.64. The van der Waals surface area contributed by atoms with Gasteiger partial charge in [-0.1, -0.05) is 17.8 Å². The summed E-state index contributed by atoms with van der Waals surface area (Å²) in [5.41, 5.74) is -1.18. The summed E-state index contributed by atoms with van der Waals surface area (Å²) in [4.78, 5) is 3.13. The molecule has 0 spiro atoms. The lowest BCUT2D eigenvalue weighted by Crippen LogP contribution is -2.22. The van der Waals surface area contributed by atoms with Crippen molar-refractivity contribution in [3.63, 3.8) is 0 Å². The van der Waals surface area contributed by atoms with Crippen molar-refractivity contribution in [3.8, 4) is 6.07 Å². The van der Waals surface area contributed by atoms with E-state index in [0.717, 1.165) is 12.3 Å². The summed E-state index contributed by atoms with van der Waals surface area (Å²) in [7, 11) is -4.01. The maximum absolute atomic E-state index is 12.4. The van der Waals surface area contributed by atoms with Gasteiger partial charge in [0.1, 0.15) is 10.9 Å². The van der Waals surface area contributed by atoms with Crippen molar-refractivity contribution in [1.29, 1.82) is 5.26 Å². The van der Waals surface area contributed by atoms with Crippen molar-refractivity contribution in [1.82, 2.24) is 4.98 Å². The average Bonchev–Trinajstić information content (AvgIpc) is 2.42. The Morgan fingerprint density at radius 3 is 2.39 bits per heavy atom. The molecule has 1 heterocycles. The summed E-state index contributed by atoms with van der Waals surface area (Å²) in [6.07, 6.45) is -4.16. The molecular weight excluding hydrogens is 363 g/mol. The molecule has 0 radical (unpaired) electrons. The van der Waals surface area contributed by atoms with Crippen molar-refractivity contribution < 1.29 is 30.4 Å². The molecule has 0 aliphatic heterocycles. The fraction of sp³-hybridized carbons (Fsp3) is 0.500. The summed E-state index contributed by atoms with van der Waals surface area (Å²) in [5, 5.41) is 7.36. The number of sulfone groups is 1. The Bertz CT molecular complexity index is 654.